The number of rotatable bonds is 7. The van der Waals surface area contributed by atoms with Crippen LogP contribution in [0.15, 0.2) is 182 Å². The molecule has 1 fully saturated rings. The largest absolute Gasteiger partial charge is 0.310 e. The Labute approximate surface area is 362 Å². The van der Waals surface area contributed by atoms with Crippen LogP contribution in [0.3, 0.4) is 0 Å². The van der Waals surface area contributed by atoms with E-state index in [-0.39, 0.29) is 10.8 Å². The van der Waals surface area contributed by atoms with Crippen molar-refractivity contribution < 1.29 is 0 Å². The zero-order valence-corrected chi connectivity index (χ0v) is 35.9. The molecule has 3 aliphatic carbocycles. The van der Waals surface area contributed by atoms with Crippen molar-refractivity contribution in [3.05, 3.63) is 210 Å². The van der Waals surface area contributed by atoms with Gasteiger partial charge in [0.05, 0.1) is 0 Å². The molecule has 0 bridgehead atoms. The van der Waals surface area contributed by atoms with Crippen LogP contribution in [-0.4, -0.2) is 0 Å². The van der Waals surface area contributed by atoms with Gasteiger partial charge in [-0.1, -0.05) is 193 Å². The van der Waals surface area contributed by atoms with Gasteiger partial charge < -0.3 is 4.90 Å². The summed E-state index contributed by atoms with van der Waals surface area (Å²) in [5.74, 6) is 0.716. The topological polar surface area (TPSA) is 3.24 Å². The average Bonchev–Trinajstić information content (AvgIpc) is 3.70. The molecular weight excluding hydrogens is 735 g/mol. The summed E-state index contributed by atoms with van der Waals surface area (Å²) < 4.78 is 0. The highest BCUT2D eigenvalue weighted by molar-refractivity contribution is 5.94. The summed E-state index contributed by atoms with van der Waals surface area (Å²) in [5, 5.41) is 0. The Hall–Kier alpha value is -6.44. The molecule has 8 aromatic carbocycles. The number of benzene rings is 8. The van der Waals surface area contributed by atoms with E-state index < -0.39 is 0 Å². The molecule has 1 saturated carbocycles. The van der Waals surface area contributed by atoms with Gasteiger partial charge in [-0.15, -0.1) is 0 Å². The molecule has 0 aromatic heterocycles. The van der Waals surface area contributed by atoms with Crippen LogP contribution in [-0.2, 0) is 10.8 Å². The normalized spacial score (nSPS) is 15.7. The highest BCUT2D eigenvalue weighted by Gasteiger charge is 2.41. The van der Waals surface area contributed by atoms with Gasteiger partial charge in [-0.05, 0) is 139 Å². The quantitative estimate of drug-likeness (QED) is 0.155. The van der Waals surface area contributed by atoms with Crippen molar-refractivity contribution in [2.45, 2.75) is 76.5 Å². The molecule has 0 spiro atoms. The molecule has 8 aromatic rings. The van der Waals surface area contributed by atoms with E-state index in [1.807, 2.05) is 0 Å². The van der Waals surface area contributed by atoms with Crippen LogP contribution in [0, 0.1) is 0 Å². The zero-order chi connectivity index (χ0) is 41.3. The number of fused-ring (bicyclic) bond motifs is 6. The second-order valence-electron chi connectivity index (χ2n) is 18.7. The van der Waals surface area contributed by atoms with Crippen molar-refractivity contribution in [2.75, 3.05) is 4.90 Å². The van der Waals surface area contributed by atoms with E-state index in [0.717, 1.165) is 17.1 Å². The van der Waals surface area contributed by atoms with Crippen molar-refractivity contribution in [1.29, 1.82) is 0 Å². The van der Waals surface area contributed by atoms with E-state index in [2.05, 4.69) is 215 Å². The summed E-state index contributed by atoms with van der Waals surface area (Å²) in [6.45, 7) is 9.66. The smallest absolute Gasteiger partial charge is 0.0465 e. The molecule has 0 unspecified atom stereocenters. The van der Waals surface area contributed by atoms with Crippen LogP contribution in [0.2, 0.25) is 0 Å². The lowest BCUT2D eigenvalue weighted by atomic mass is 9.74. The van der Waals surface area contributed by atoms with Crippen molar-refractivity contribution >= 4 is 17.1 Å². The number of hydrogen-bond donors (Lipinski definition) is 0. The van der Waals surface area contributed by atoms with Gasteiger partial charge in [0.15, 0.2) is 0 Å². The second-order valence-corrected chi connectivity index (χ2v) is 18.7. The summed E-state index contributed by atoms with van der Waals surface area (Å²) in [5.41, 5.74) is 23.3. The molecule has 298 valence electrons. The predicted octanol–water partition coefficient (Wildman–Crippen LogP) is 16.8. The van der Waals surface area contributed by atoms with E-state index in [1.165, 1.54) is 116 Å². The van der Waals surface area contributed by atoms with Crippen LogP contribution in [0.5, 0.6) is 0 Å². The van der Waals surface area contributed by atoms with Crippen LogP contribution >= 0.6 is 0 Å². The molecule has 3 aliphatic rings. The molecule has 0 amide bonds. The van der Waals surface area contributed by atoms with Crippen LogP contribution in [0.4, 0.5) is 17.1 Å². The lowest BCUT2D eigenvalue weighted by Gasteiger charge is -2.30. The van der Waals surface area contributed by atoms with E-state index >= 15 is 0 Å². The summed E-state index contributed by atoms with van der Waals surface area (Å²) in [7, 11) is 0. The molecule has 0 heterocycles. The van der Waals surface area contributed by atoms with E-state index in [4.69, 9.17) is 0 Å². The monoisotopic (exact) mass is 787 g/mol. The number of anilines is 3. The SMILES string of the molecule is CC1(C)c2ccccc2-c2cccc(-c3cccc4c3C(C)(C)c3cc(N(c5ccc(-c6ccccc6)cc5)c5ccc(-c6ccc(C7CCCCC7)cc6)cc5)ccc3-4)c21. The third kappa shape index (κ3) is 6.20. The third-order valence-corrected chi connectivity index (χ3v) is 14.5. The van der Waals surface area contributed by atoms with Gasteiger partial charge in [-0.2, -0.15) is 0 Å². The van der Waals surface area contributed by atoms with Crippen molar-refractivity contribution in [3.8, 4) is 55.6 Å². The Morgan fingerprint density at radius 3 is 1.36 bits per heavy atom. The van der Waals surface area contributed by atoms with Crippen molar-refractivity contribution in [3.63, 3.8) is 0 Å². The fourth-order valence-corrected chi connectivity index (χ4v) is 11.4. The second kappa shape index (κ2) is 14.6. The molecule has 0 N–H and O–H groups in total. The Morgan fingerprint density at radius 1 is 0.361 bits per heavy atom. The standard InChI is InChI=1S/C60H53N/c1-59(2)55-24-12-11-19-49(55)51-20-13-22-53(57(51)59)54-23-14-21-52-50-38-37-48(39-56(50)60(3,4)58(52)54)61(46-33-29-44(30-34-46)41-17-9-6-10-18-41)47-35-31-45(32-36-47)43-27-25-42(26-28-43)40-15-7-5-8-16-40/h6,9-14,17-40H,5,7-8,15-16H2,1-4H3. The lowest BCUT2D eigenvalue weighted by Crippen LogP contribution is -2.19. The Morgan fingerprint density at radius 2 is 0.787 bits per heavy atom. The van der Waals surface area contributed by atoms with Crippen LogP contribution in [0.25, 0.3) is 55.6 Å². The molecule has 11 rings (SSSR count). The third-order valence-electron chi connectivity index (χ3n) is 14.5. The van der Waals surface area contributed by atoms with E-state index in [0.29, 0.717) is 5.92 Å². The molecule has 0 atom stereocenters. The van der Waals surface area contributed by atoms with Crippen LogP contribution < -0.4 is 4.90 Å². The van der Waals surface area contributed by atoms with Gasteiger partial charge in [0.25, 0.3) is 0 Å². The first-order valence-corrected chi connectivity index (χ1v) is 22.5. The van der Waals surface area contributed by atoms with Gasteiger partial charge in [0, 0.05) is 27.9 Å². The minimum Gasteiger partial charge on any atom is -0.310 e. The molecule has 0 radical (unpaired) electrons. The minimum absolute atomic E-state index is 0.0987. The highest BCUT2D eigenvalue weighted by atomic mass is 15.1. The summed E-state index contributed by atoms with van der Waals surface area (Å²) in [6.07, 6.45) is 6.76. The molecule has 0 saturated heterocycles. The van der Waals surface area contributed by atoms with E-state index in [1.54, 1.807) is 0 Å². The van der Waals surface area contributed by atoms with E-state index in [9.17, 15) is 0 Å². The zero-order valence-electron chi connectivity index (χ0n) is 35.9. The van der Waals surface area contributed by atoms with Gasteiger partial charge in [0.1, 0.15) is 0 Å². The highest BCUT2D eigenvalue weighted by Crippen LogP contribution is 2.57. The first kappa shape index (κ1) is 37.6. The van der Waals surface area contributed by atoms with Gasteiger partial charge >= 0.3 is 0 Å². The Bertz CT molecular complexity index is 2910. The molecule has 1 nitrogen and oxygen atoms in total. The number of nitrogens with zero attached hydrogens (tertiary/aromatic N) is 1. The van der Waals surface area contributed by atoms with Gasteiger partial charge in [-0.3, -0.25) is 0 Å². The fourth-order valence-electron chi connectivity index (χ4n) is 11.4. The van der Waals surface area contributed by atoms with Crippen LogP contribution in [0.1, 0.15) is 93.5 Å². The summed E-state index contributed by atoms with van der Waals surface area (Å²) >= 11 is 0. The minimum atomic E-state index is -0.230. The Kier molecular flexibility index (Phi) is 9.01. The Balaban J connectivity index is 0.989. The predicted molar refractivity (Wildman–Crippen MR) is 258 cm³/mol. The maximum atomic E-state index is 2.47. The maximum Gasteiger partial charge on any atom is 0.0465 e. The summed E-state index contributed by atoms with van der Waals surface area (Å²) in [4.78, 5) is 2.44. The van der Waals surface area contributed by atoms with Gasteiger partial charge in [-0.25, -0.2) is 0 Å². The molecule has 1 heteroatoms. The fraction of sp³-hybridized carbons (Fsp3) is 0.200. The van der Waals surface area contributed by atoms with Crippen molar-refractivity contribution in [1.82, 2.24) is 0 Å². The molecule has 61 heavy (non-hydrogen) atoms. The van der Waals surface area contributed by atoms with Crippen molar-refractivity contribution in [2.24, 2.45) is 0 Å². The summed E-state index contributed by atoms with van der Waals surface area (Å²) in [6, 6.07) is 68.5. The maximum absolute atomic E-state index is 2.47. The van der Waals surface area contributed by atoms with Gasteiger partial charge in [0.2, 0.25) is 0 Å². The molecular formula is C60H53N. The lowest BCUT2D eigenvalue weighted by molar-refractivity contribution is 0.443. The molecule has 0 aliphatic heterocycles. The first-order valence-electron chi connectivity index (χ1n) is 22.5. The average molecular weight is 788 g/mol. The first-order chi connectivity index (χ1) is 29.8. The number of hydrogen-bond acceptors (Lipinski definition) is 1.